The van der Waals surface area contributed by atoms with Crippen molar-refractivity contribution in [2.75, 3.05) is 25.4 Å². The van der Waals surface area contributed by atoms with Gasteiger partial charge in [0.15, 0.2) is 5.96 Å². The van der Waals surface area contributed by atoms with Crippen LogP contribution in [0.2, 0.25) is 0 Å². The van der Waals surface area contributed by atoms with E-state index in [2.05, 4.69) is 48.5 Å². The Balaban J connectivity index is 0.00000450. The summed E-state index contributed by atoms with van der Waals surface area (Å²) in [5.74, 6) is 1.11. The molecule has 0 bridgehead atoms. The van der Waals surface area contributed by atoms with Crippen molar-refractivity contribution >= 4 is 40.7 Å². The topological polar surface area (TPSA) is 73.7 Å². The summed E-state index contributed by atoms with van der Waals surface area (Å²) in [6.07, 6.45) is -0.669. The minimum atomic E-state index is -1.05. The summed E-state index contributed by atoms with van der Waals surface area (Å²) < 4.78 is 12.3. The number of guanidine groups is 1. The average molecular weight is 544 g/mol. The molecule has 2 atom stereocenters. The van der Waals surface area contributed by atoms with Crippen LogP contribution in [-0.2, 0) is 16.2 Å². The van der Waals surface area contributed by atoms with E-state index in [-0.39, 0.29) is 35.9 Å². The molecule has 0 heterocycles. The summed E-state index contributed by atoms with van der Waals surface area (Å²) >= 11 is 0. The van der Waals surface area contributed by atoms with Crippen molar-refractivity contribution in [3.63, 3.8) is 0 Å². The Morgan fingerprint density at radius 2 is 1.70 bits per heavy atom. The number of nitrogens with zero attached hydrogens (tertiary/aromatic N) is 1. The smallest absolute Gasteiger partial charge is 0.191 e. The Bertz CT molecular complexity index is 805. The molecule has 0 fully saturated rings. The van der Waals surface area contributed by atoms with Gasteiger partial charge in [-0.25, -0.2) is 0 Å². The number of aliphatic hydroxyl groups is 1. The maximum atomic E-state index is 12.3. The van der Waals surface area contributed by atoms with Crippen LogP contribution in [0.15, 0.2) is 64.5 Å². The molecule has 7 heteroatoms. The second-order valence-corrected chi connectivity index (χ2v) is 9.47. The van der Waals surface area contributed by atoms with Gasteiger partial charge in [0.1, 0.15) is 0 Å². The lowest BCUT2D eigenvalue weighted by Crippen LogP contribution is -2.39. The van der Waals surface area contributed by atoms with Gasteiger partial charge in [0.2, 0.25) is 0 Å². The third-order valence-electron chi connectivity index (χ3n) is 4.51. The molecule has 0 aliphatic heterocycles. The van der Waals surface area contributed by atoms with E-state index < -0.39 is 16.9 Å². The molecule has 0 saturated carbocycles. The van der Waals surface area contributed by atoms with E-state index in [4.69, 9.17) is 0 Å². The molecule has 0 saturated heterocycles. The Morgan fingerprint density at radius 1 is 1.07 bits per heavy atom. The first-order valence-electron chi connectivity index (χ1n) is 10.1. The van der Waals surface area contributed by atoms with Gasteiger partial charge in [0.25, 0.3) is 0 Å². The Kier molecular flexibility index (Phi) is 11.6. The zero-order valence-corrected chi connectivity index (χ0v) is 21.4. The first-order chi connectivity index (χ1) is 13.8. The van der Waals surface area contributed by atoms with Crippen LogP contribution in [-0.4, -0.2) is 40.7 Å². The third-order valence-corrected chi connectivity index (χ3v) is 5.89. The van der Waals surface area contributed by atoms with Gasteiger partial charge in [0.05, 0.1) is 23.4 Å². The number of halogens is 1. The van der Waals surface area contributed by atoms with Crippen molar-refractivity contribution in [2.45, 2.75) is 44.1 Å². The number of aliphatic imine (C=N–C) groups is 1. The molecule has 0 radical (unpaired) electrons. The minimum Gasteiger partial charge on any atom is -0.386 e. The molecule has 0 aliphatic carbocycles. The molecule has 3 N–H and O–H groups in total. The number of hydrogen-bond acceptors (Lipinski definition) is 3. The van der Waals surface area contributed by atoms with E-state index in [0.29, 0.717) is 24.8 Å². The van der Waals surface area contributed by atoms with Gasteiger partial charge >= 0.3 is 0 Å². The quantitative estimate of drug-likeness (QED) is 0.268. The molecule has 0 amide bonds. The molecule has 2 unspecified atom stereocenters. The van der Waals surface area contributed by atoms with Crippen LogP contribution < -0.4 is 10.6 Å². The van der Waals surface area contributed by atoms with Crippen LogP contribution in [0.25, 0.3) is 0 Å². The highest BCUT2D eigenvalue weighted by Crippen LogP contribution is 2.24. The van der Waals surface area contributed by atoms with E-state index in [9.17, 15) is 9.32 Å². The van der Waals surface area contributed by atoms with E-state index >= 15 is 0 Å². The zero-order chi connectivity index (χ0) is 21.3. The van der Waals surface area contributed by atoms with Gasteiger partial charge in [-0.3, -0.25) is 9.20 Å². The molecule has 5 nitrogen and oxygen atoms in total. The summed E-state index contributed by atoms with van der Waals surface area (Å²) in [7, 11) is -1.05. The molecule has 2 rings (SSSR count). The predicted octanol–water partition coefficient (Wildman–Crippen LogP) is 4.00. The molecular formula is C23H34IN3O2S. The largest absolute Gasteiger partial charge is 0.386 e. The number of nitrogens with one attached hydrogen (secondary N) is 2. The molecule has 2 aromatic carbocycles. The van der Waals surface area contributed by atoms with Crippen LogP contribution in [0.3, 0.4) is 0 Å². The highest BCUT2D eigenvalue weighted by atomic mass is 127. The van der Waals surface area contributed by atoms with Crippen molar-refractivity contribution in [3.05, 3.63) is 65.7 Å². The molecule has 0 spiro atoms. The van der Waals surface area contributed by atoms with Crippen molar-refractivity contribution in [1.29, 1.82) is 0 Å². The van der Waals surface area contributed by atoms with Crippen molar-refractivity contribution in [1.82, 2.24) is 10.6 Å². The van der Waals surface area contributed by atoms with Gasteiger partial charge < -0.3 is 15.7 Å². The SMILES string of the molecule is CCNC(=NCC(O)c1ccc(C(C)(C)C)cc1)NCCS(=O)c1ccccc1.I. The third kappa shape index (κ3) is 8.73. The fourth-order valence-electron chi connectivity index (χ4n) is 2.78. The first kappa shape index (κ1) is 26.6. The maximum Gasteiger partial charge on any atom is 0.191 e. The van der Waals surface area contributed by atoms with Gasteiger partial charge in [-0.2, -0.15) is 0 Å². The first-order valence-corrected chi connectivity index (χ1v) is 11.4. The molecule has 0 aromatic heterocycles. The lowest BCUT2D eigenvalue weighted by molar-refractivity contribution is 0.187. The fourth-order valence-corrected chi connectivity index (χ4v) is 3.77. The van der Waals surface area contributed by atoms with E-state index in [1.54, 1.807) is 0 Å². The van der Waals surface area contributed by atoms with Crippen LogP contribution >= 0.6 is 24.0 Å². The van der Waals surface area contributed by atoms with Crippen LogP contribution in [0.1, 0.15) is 44.9 Å². The lowest BCUT2D eigenvalue weighted by Gasteiger charge is -2.20. The average Bonchev–Trinajstić information content (AvgIpc) is 2.71. The number of rotatable bonds is 8. The monoisotopic (exact) mass is 543 g/mol. The lowest BCUT2D eigenvalue weighted by atomic mass is 9.86. The number of hydrogen-bond donors (Lipinski definition) is 3. The highest BCUT2D eigenvalue weighted by molar-refractivity contribution is 14.0. The van der Waals surface area contributed by atoms with Crippen molar-refractivity contribution < 1.29 is 9.32 Å². The molecule has 30 heavy (non-hydrogen) atoms. The predicted molar refractivity (Wildman–Crippen MR) is 137 cm³/mol. The molecule has 166 valence electrons. The van der Waals surface area contributed by atoms with Gasteiger partial charge in [0, 0.05) is 23.7 Å². The number of aliphatic hydroxyl groups excluding tert-OH is 1. The fraction of sp³-hybridized carbons (Fsp3) is 0.435. The minimum absolute atomic E-state index is 0. The number of benzene rings is 2. The molecule has 0 aliphatic rings. The summed E-state index contributed by atoms with van der Waals surface area (Å²) in [6, 6.07) is 17.5. The van der Waals surface area contributed by atoms with Gasteiger partial charge in [-0.15, -0.1) is 24.0 Å². The standard InChI is InChI=1S/C23H33N3O2S.HI/c1-5-24-22(25-15-16-29(28)20-9-7-6-8-10-20)26-17-21(27)18-11-13-19(14-12-18)23(2,3)4;/h6-14,21,27H,5,15-17H2,1-4H3,(H2,24,25,26);1H. The Hall–Kier alpha value is -1.45. The Morgan fingerprint density at radius 3 is 2.27 bits per heavy atom. The summed E-state index contributed by atoms with van der Waals surface area (Å²) in [5, 5.41) is 16.8. The summed E-state index contributed by atoms with van der Waals surface area (Å²) in [6.45, 7) is 9.99. The van der Waals surface area contributed by atoms with E-state index in [1.165, 1.54) is 5.56 Å². The van der Waals surface area contributed by atoms with Gasteiger partial charge in [-0.1, -0.05) is 63.2 Å². The van der Waals surface area contributed by atoms with Crippen LogP contribution in [0, 0.1) is 0 Å². The van der Waals surface area contributed by atoms with Gasteiger partial charge in [-0.05, 0) is 35.6 Å². The second-order valence-electron chi connectivity index (χ2n) is 7.90. The summed E-state index contributed by atoms with van der Waals surface area (Å²) in [5.41, 5.74) is 2.17. The normalized spacial score (nSPS) is 13.8. The van der Waals surface area contributed by atoms with Crippen molar-refractivity contribution in [2.24, 2.45) is 4.99 Å². The maximum absolute atomic E-state index is 12.3. The molecule has 2 aromatic rings. The van der Waals surface area contributed by atoms with Crippen LogP contribution in [0.5, 0.6) is 0 Å². The van der Waals surface area contributed by atoms with Crippen molar-refractivity contribution in [3.8, 4) is 0 Å². The van der Waals surface area contributed by atoms with E-state index in [0.717, 1.165) is 10.5 Å². The summed E-state index contributed by atoms with van der Waals surface area (Å²) in [4.78, 5) is 5.30. The Labute approximate surface area is 200 Å². The van der Waals surface area contributed by atoms with E-state index in [1.807, 2.05) is 49.4 Å². The van der Waals surface area contributed by atoms with Crippen LogP contribution in [0.4, 0.5) is 0 Å². The molecular weight excluding hydrogens is 509 g/mol. The zero-order valence-electron chi connectivity index (χ0n) is 18.2. The highest BCUT2D eigenvalue weighted by Gasteiger charge is 2.14. The second kappa shape index (κ2) is 13.1.